The molecule has 0 aliphatic heterocycles. The minimum Gasteiger partial charge on any atom is -0.334 e. The molecule has 0 aliphatic rings. The summed E-state index contributed by atoms with van der Waals surface area (Å²) < 4.78 is 2.01. The van der Waals surface area contributed by atoms with Gasteiger partial charge in [0, 0.05) is 19.0 Å². The van der Waals surface area contributed by atoms with E-state index in [0.29, 0.717) is 6.54 Å². The number of nitriles is 1. The van der Waals surface area contributed by atoms with E-state index in [-0.39, 0.29) is 5.41 Å². The van der Waals surface area contributed by atoms with Gasteiger partial charge in [-0.15, -0.1) is 0 Å². The van der Waals surface area contributed by atoms with E-state index < -0.39 is 0 Å². The third-order valence-electron chi connectivity index (χ3n) is 3.28. The number of aryl methyl sites for hydroxylation is 1. The average Bonchev–Trinajstić information content (AvgIpc) is 2.71. The van der Waals surface area contributed by atoms with Crippen LogP contribution in [-0.2, 0) is 12.5 Å². The summed E-state index contributed by atoms with van der Waals surface area (Å²) in [4.78, 5) is 4.38. The Bertz CT molecular complexity index is 589. The first-order chi connectivity index (χ1) is 8.54. The van der Waals surface area contributed by atoms with Crippen molar-refractivity contribution in [2.75, 3.05) is 13.1 Å². The van der Waals surface area contributed by atoms with Gasteiger partial charge in [-0.05, 0) is 17.7 Å². The van der Waals surface area contributed by atoms with Crippen molar-refractivity contribution < 1.29 is 0 Å². The molecule has 18 heavy (non-hydrogen) atoms. The molecule has 0 fully saturated rings. The number of hydrogen-bond acceptors (Lipinski definition) is 3. The van der Waals surface area contributed by atoms with E-state index in [1.165, 1.54) is 5.56 Å². The molecule has 0 unspecified atom stereocenters. The van der Waals surface area contributed by atoms with E-state index in [1.54, 1.807) is 0 Å². The highest BCUT2D eigenvalue weighted by Crippen LogP contribution is 2.25. The molecule has 1 aromatic heterocycles. The fourth-order valence-electron chi connectivity index (χ4n) is 2.09. The maximum absolute atomic E-state index is 8.55. The van der Waals surface area contributed by atoms with Crippen molar-refractivity contribution in [3.05, 3.63) is 30.1 Å². The maximum atomic E-state index is 8.55. The monoisotopic (exact) mass is 242 g/mol. The van der Waals surface area contributed by atoms with Gasteiger partial charge in [0.25, 0.3) is 0 Å². The molecule has 2 aromatic rings. The van der Waals surface area contributed by atoms with Crippen molar-refractivity contribution in [3.63, 3.8) is 0 Å². The van der Waals surface area contributed by atoms with Crippen molar-refractivity contribution in [2.24, 2.45) is 7.05 Å². The normalized spacial score (nSPS) is 11.7. The number of aromatic nitrogens is 2. The summed E-state index contributed by atoms with van der Waals surface area (Å²) in [5.74, 6) is 0. The zero-order valence-electron chi connectivity index (χ0n) is 11.1. The minimum absolute atomic E-state index is 0.0113. The van der Waals surface area contributed by atoms with E-state index in [9.17, 15) is 0 Å². The third-order valence-corrected chi connectivity index (χ3v) is 3.28. The molecule has 1 heterocycles. The number of benzene rings is 1. The number of fused-ring (bicyclic) bond motifs is 1. The van der Waals surface area contributed by atoms with Crippen molar-refractivity contribution >= 4 is 11.0 Å². The summed E-state index contributed by atoms with van der Waals surface area (Å²) >= 11 is 0. The van der Waals surface area contributed by atoms with Crippen LogP contribution in [0.4, 0.5) is 0 Å². The summed E-state index contributed by atoms with van der Waals surface area (Å²) in [6, 6.07) is 8.46. The van der Waals surface area contributed by atoms with Crippen LogP contribution in [0.2, 0.25) is 0 Å². The third kappa shape index (κ3) is 2.36. The summed E-state index contributed by atoms with van der Waals surface area (Å²) in [5.41, 5.74) is 3.38. The van der Waals surface area contributed by atoms with Gasteiger partial charge in [0.15, 0.2) is 0 Å². The van der Waals surface area contributed by atoms with Gasteiger partial charge in [-0.2, -0.15) is 5.26 Å². The molecule has 94 valence electrons. The molecule has 0 amide bonds. The molecule has 0 spiro atoms. The SMILES string of the molecule is Cn1cnc2cc(C(C)(C)CNCC#N)ccc21. The van der Waals surface area contributed by atoms with Crippen molar-refractivity contribution in [3.8, 4) is 6.07 Å². The lowest BCUT2D eigenvalue weighted by Gasteiger charge is -2.25. The van der Waals surface area contributed by atoms with Gasteiger partial charge >= 0.3 is 0 Å². The zero-order chi connectivity index (χ0) is 13.2. The number of imidazole rings is 1. The lowest BCUT2D eigenvalue weighted by molar-refractivity contribution is 0.485. The van der Waals surface area contributed by atoms with Gasteiger partial charge in [0.05, 0.1) is 30.0 Å². The largest absolute Gasteiger partial charge is 0.334 e. The molecule has 0 saturated carbocycles. The lowest BCUT2D eigenvalue weighted by atomic mass is 9.84. The maximum Gasteiger partial charge on any atom is 0.0955 e. The van der Waals surface area contributed by atoms with Crippen LogP contribution < -0.4 is 5.32 Å². The van der Waals surface area contributed by atoms with E-state index in [1.807, 2.05) is 17.9 Å². The van der Waals surface area contributed by atoms with E-state index in [4.69, 9.17) is 5.26 Å². The van der Waals surface area contributed by atoms with Crippen LogP contribution in [0.1, 0.15) is 19.4 Å². The van der Waals surface area contributed by atoms with Crippen LogP contribution in [-0.4, -0.2) is 22.6 Å². The molecule has 0 radical (unpaired) electrons. The summed E-state index contributed by atoms with van der Waals surface area (Å²) in [6.07, 6.45) is 1.83. The fraction of sp³-hybridized carbons (Fsp3) is 0.429. The number of nitrogens with zero attached hydrogens (tertiary/aromatic N) is 3. The highest BCUT2D eigenvalue weighted by Gasteiger charge is 2.20. The Hall–Kier alpha value is -1.86. The molecular formula is C14H18N4. The van der Waals surface area contributed by atoms with Gasteiger partial charge in [-0.1, -0.05) is 19.9 Å². The standard InChI is InChI=1S/C14H18N4/c1-14(2,9-16-7-6-15)11-4-5-13-12(8-11)17-10-18(13)3/h4-5,8,10,16H,7,9H2,1-3H3. The van der Waals surface area contributed by atoms with E-state index in [0.717, 1.165) is 17.6 Å². The number of rotatable bonds is 4. The molecule has 2 rings (SSSR count). The van der Waals surface area contributed by atoms with Gasteiger partial charge in [-0.25, -0.2) is 4.98 Å². The molecule has 4 heteroatoms. The highest BCUT2D eigenvalue weighted by molar-refractivity contribution is 5.76. The summed E-state index contributed by atoms with van der Waals surface area (Å²) in [5, 5.41) is 11.7. The van der Waals surface area contributed by atoms with Gasteiger partial charge in [0.2, 0.25) is 0 Å². The molecule has 4 nitrogen and oxygen atoms in total. The lowest BCUT2D eigenvalue weighted by Crippen LogP contribution is -2.33. The van der Waals surface area contributed by atoms with Gasteiger partial charge in [-0.3, -0.25) is 0 Å². The molecule has 0 saturated heterocycles. The summed E-state index contributed by atoms with van der Waals surface area (Å²) in [6.45, 7) is 5.50. The number of nitrogens with one attached hydrogen (secondary N) is 1. The van der Waals surface area contributed by atoms with Crippen LogP contribution in [0.5, 0.6) is 0 Å². The fourth-order valence-corrected chi connectivity index (χ4v) is 2.09. The van der Waals surface area contributed by atoms with E-state index >= 15 is 0 Å². The van der Waals surface area contributed by atoms with Crippen LogP contribution >= 0.6 is 0 Å². The molecule has 0 aliphatic carbocycles. The highest BCUT2D eigenvalue weighted by atomic mass is 15.0. The van der Waals surface area contributed by atoms with Crippen molar-refractivity contribution in [2.45, 2.75) is 19.3 Å². The minimum atomic E-state index is -0.0113. The second-order valence-electron chi connectivity index (χ2n) is 5.20. The first kappa shape index (κ1) is 12.6. The second kappa shape index (κ2) is 4.79. The number of hydrogen-bond donors (Lipinski definition) is 1. The Morgan fingerprint density at radius 3 is 2.94 bits per heavy atom. The zero-order valence-corrected chi connectivity index (χ0v) is 11.1. The Labute approximate surface area is 107 Å². The average molecular weight is 242 g/mol. The Kier molecular flexibility index (Phi) is 3.35. The molecule has 0 bridgehead atoms. The van der Waals surface area contributed by atoms with Crippen LogP contribution in [0.15, 0.2) is 24.5 Å². The molecule has 0 atom stereocenters. The smallest absolute Gasteiger partial charge is 0.0955 e. The Morgan fingerprint density at radius 1 is 1.44 bits per heavy atom. The first-order valence-electron chi connectivity index (χ1n) is 6.04. The quantitative estimate of drug-likeness (QED) is 0.658. The Morgan fingerprint density at radius 2 is 2.22 bits per heavy atom. The molecular weight excluding hydrogens is 224 g/mol. The van der Waals surface area contributed by atoms with Crippen molar-refractivity contribution in [1.29, 1.82) is 5.26 Å². The van der Waals surface area contributed by atoms with Crippen LogP contribution in [0.3, 0.4) is 0 Å². The first-order valence-corrected chi connectivity index (χ1v) is 6.04. The van der Waals surface area contributed by atoms with Crippen molar-refractivity contribution in [1.82, 2.24) is 14.9 Å². The summed E-state index contributed by atoms with van der Waals surface area (Å²) in [7, 11) is 1.99. The predicted octanol–water partition coefficient (Wildman–Crippen LogP) is 1.96. The van der Waals surface area contributed by atoms with Crippen LogP contribution in [0.25, 0.3) is 11.0 Å². The Balaban J connectivity index is 2.27. The second-order valence-corrected chi connectivity index (χ2v) is 5.20. The predicted molar refractivity (Wildman–Crippen MR) is 72.2 cm³/mol. The molecule has 1 aromatic carbocycles. The van der Waals surface area contributed by atoms with Gasteiger partial charge < -0.3 is 9.88 Å². The van der Waals surface area contributed by atoms with Gasteiger partial charge in [0.1, 0.15) is 0 Å². The van der Waals surface area contributed by atoms with E-state index in [2.05, 4.69) is 48.4 Å². The topological polar surface area (TPSA) is 53.6 Å². The molecule has 1 N–H and O–H groups in total. The van der Waals surface area contributed by atoms with Crippen LogP contribution in [0, 0.1) is 11.3 Å².